The largest absolute Gasteiger partial charge is 0.352 e. The van der Waals surface area contributed by atoms with E-state index < -0.39 is 9.84 Å². The first-order valence-corrected chi connectivity index (χ1v) is 11.3. The van der Waals surface area contributed by atoms with Crippen molar-refractivity contribution in [2.45, 2.75) is 37.5 Å². The standard InChI is InChI=1S/C16H20ClN3O3S2/c1-2-6-20-14-4-3-11(17)8-13(14)19-16(20)24-9-15(21)18-12-5-7-25(22,23)10-12/h3-4,8,12H,2,5-7,9-10H2,1H3,(H,18,21)/t12-/m1/s1. The maximum absolute atomic E-state index is 12.1. The van der Waals surface area contributed by atoms with E-state index in [0.717, 1.165) is 29.2 Å². The molecule has 1 fully saturated rings. The number of amides is 1. The predicted molar refractivity (Wildman–Crippen MR) is 101 cm³/mol. The fourth-order valence-electron chi connectivity index (χ4n) is 2.94. The molecular formula is C16H20ClN3O3S2. The van der Waals surface area contributed by atoms with Gasteiger partial charge in [-0.1, -0.05) is 30.3 Å². The lowest BCUT2D eigenvalue weighted by molar-refractivity contribution is -0.119. The summed E-state index contributed by atoms with van der Waals surface area (Å²) >= 11 is 7.39. The summed E-state index contributed by atoms with van der Waals surface area (Å²) < 4.78 is 25.0. The van der Waals surface area contributed by atoms with Gasteiger partial charge in [0.05, 0.1) is 28.3 Å². The monoisotopic (exact) mass is 401 g/mol. The van der Waals surface area contributed by atoms with E-state index in [0.29, 0.717) is 11.4 Å². The Kier molecular flexibility index (Phi) is 5.60. The number of nitrogens with zero attached hydrogens (tertiary/aromatic N) is 2. The molecule has 1 aromatic heterocycles. The molecule has 1 amide bonds. The Labute approximate surface area is 156 Å². The summed E-state index contributed by atoms with van der Waals surface area (Å²) in [6, 6.07) is 5.32. The van der Waals surface area contributed by atoms with E-state index >= 15 is 0 Å². The van der Waals surface area contributed by atoms with Crippen molar-refractivity contribution >= 4 is 50.1 Å². The molecule has 25 heavy (non-hydrogen) atoms. The van der Waals surface area contributed by atoms with E-state index in [1.807, 2.05) is 18.2 Å². The van der Waals surface area contributed by atoms with Crippen LogP contribution in [0.25, 0.3) is 11.0 Å². The van der Waals surface area contributed by atoms with Crippen molar-refractivity contribution < 1.29 is 13.2 Å². The molecule has 1 aromatic carbocycles. The Balaban J connectivity index is 1.68. The summed E-state index contributed by atoms with van der Waals surface area (Å²) in [6.45, 7) is 2.90. The molecule has 0 aliphatic carbocycles. The third-order valence-corrected chi connectivity index (χ3v) is 7.03. The van der Waals surface area contributed by atoms with Crippen LogP contribution in [0.4, 0.5) is 0 Å². The first-order chi connectivity index (χ1) is 11.9. The maximum Gasteiger partial charge on any atom is 0.230 e. The van der Waals surface area contributed by atoms with E-state index in [1.165, 1.54) is 11.8 Å². The van der Waals surface area contributed by atoms with Gasteiger partial charge in [0.2, 0.25) is 5.91 Å². The highest BCUT2D eigenvalue weighted by atomic mass is 35.5. The average molecular weight is 402 g/mol. The minimum absolute atomic E-state index is 0.0379. The van der Waals surface area contributed by atoms with Crippen LogP contribution in [0.2, 0.25) is 5.02 Å². The smallest absolute Gasteiger partial charge is 0.230 e. The maximum atomic E-state index is 12.1. The second-order valence-corrected chi connectivity index (χ2v) is 9.74. The second kappa shape index (κ2) is 7.55. The molecule has 0 unspecified atom stereocenters. The summed E-state index contributed by atoms with van der Waals surface area (Å²) in [5.41, 5.74) is 1.81. The van der Waals surface area contributed by atoms with Crippen molar-refractivity contribution in [1.29, 1.82) is 0 Å². The molecule has 1 atom stereocenters. The van der Waals surface area contributed by atoms with Gasteiger partial charge in [-0.3, -0.25) is 4.79 Å². The molecule has 0 spiro atoms. The number of fused-ring (bicyclic) bond motifs is 1. The van der Waals surface area contributed by atoms with Crippen LogP contribution in [0.5, 0.6) is 0 Å². The van der Waals surface area contributed by atoms with Crippen molar-refractivity contribution in [1.82, 2.24) is 14.9 Å². The molecule has 1 saturated heterocycles. The van der Waals surface area contributed by atoms with E-state index in [4.69, 9.17) is 11.6 Å². The number of sulfone groups is 1. The summed E-state index contributed by atoms with van der Waals surface area (Å²) in [7, 11) is -2.99. The molecule has 1 N–H and O–H groups in total. The Morgan fingerprint density at radius 1 is 1.48 bits per heavy atom. The van der Waals surface area contributed by atoms with Gasteiger partial charge in [0.25, 0.3) is 0 Å². The van der Waals surface area contributed by atoms with Gasteiger partial charge in [-0.15, -0.1) is 0 Å². The first kappa shape index (κ1) is 18.5. The normalized spacial score (nSPS) is 19.4. The lowest BCUT2D eigenvalue weighted by Crippen LogP contribution is -2.36. The van der Waals surface area contributed by atoms with Gasteiger partial charge in [-0.05, 0) is 31.0 Å². The Morgan fingerprint density at radius 2 is 2.28 bits per heavy atom. The van der Waals surface area contributed by atoms with Crippen LogP contribution in [-0.4, -0.2) is 47.2 Å². The number of carbonyl (C=O) groups is 1. The molecule has 9 heteroatoms. The van der Waals surface area contributed by atoms with Gasteiger partial charge in [0.15, 0.2) is 15.0 Å². The molecule has 136 valence electrons. The lowest BCUT2D eigenvalue weighted by Gasteiger charge is -2.11. The zero-order chi connectivity index (χ0) is 18.0. The third kappa shape index (κ3) is 4.48. The van der Waals surface area contributed by atoms with Crippen LogP contribution in [0.1, 0.15) is 19.8 Å². The van der Waals surface area contributed by atoms with Gasteiger partial charge in [0.1, 0.15) is 0 Å². The quantitative estimate of drug-likeness (QED) is 0.752. The van der Waals surface area contributed by atoms with E-state index in [9.17, 15) is 13.2 Å². The predicted octanol–water partition coefficient (Wildman–Crippen LogP) is 2.50. The topological polar surface area (TPSA) is 81.1 Å². The van der Waals surface area contributed by atoms with Gasteiger partial charge >= 0.3 is 0 Å². The highest BCUT2D eigenvalue weighted by Gasteiger charge is 2.28. The highest BCUT2D eigenvalue weighted by Crippen LogP contribution is 2.26. The number of thioether (sulfide) groups is 1. The molecule has 0 saturated carbocycles. The van der Waals surface area contributed by atoms with Crippen LogP contribution in [-0.2, 0) is 21.2 Å². The Bertz CT molecular complexity index is 895. The zero-order valence-electron chi connectivity index (χ0n) is 13.9. The lowest BCUT2D eigenvalue weighted by atomic mass is 10.3. The SMILES string of the molecule is CCCn1c(SCC(=O)N[C@@H]2CCS(=O)(=O)C2)nc2cc(Cl)ccc21. The number of aryl methyl sites for hydroxylation is 1. The van der Waals surface area contributed by atoms with E-state index in [1.54, 1.807) is 0 Å². The molecular weight excluding hydrogens is 382 g/mol. The molecule has 1 aliphatic heterocycles. The number of aromatic nitrogens is 2. The van der Waals surface area contributed by atoms with Crippen LogP contribution in [0.3, 0.4) is 0 Å². The van der Waals surface area contributed by atoms with Crippen LogP contribution in [0, 0.1) is 0 Å². The van der Waals surface area contributed by atoms with Gasteiger partial charge < -0.3 is 9.88 Å². The zero-order valence-corrected chi connectivity index (χ0v) is 16.3. The minimum atomic E-state index is -2.99. The van der Waals surface area contributed by atoms with Crippen molar-refractivity contribution in [3.05, 3.63) is 23.2 Å². The van der Waals surface area contributed by atoms with Crippen molar-refractivity contribution in [2.75, 3.05) is 17.3 Å². The molecule has 2 aromatic rings. The third-order valence-electron chi connectivity index (χ3n) is 4.05. The van der Waals surface area contributed by atoms with E-state index in [2.05, 4.69) is 21.8 Å². The van der Waals surface area contributed by atoms with Crippen LogP contribution in [0.15, 0.2) is 23.4 Å². The number of hydrogen-bond acceptors (Lipinski definition) is 5. The summed E-state index contributed by atoms with van der Waals surface area (Å²) in [5.74, 6) is 0.228. The van der Waals surface area contributed by atoms with Crippen LogP contribution < -0.4 is 5.32 Å². The number of imidazole rings is 1. The molecule has 6 nitrogen and oxygen atoms in total. The molecule has 2 heterocycles. The number of halogens is 1. The minimum Gasteiger partial charge on any atom is -0.352 e. The average Bonchev–Trinajstić information content (AvgIpc) is 3.05. The summed E-state index contributed by atoms with van der Waals surface area (Å²) in [5, 5.41) is 4.20. The number of hydrogen-bond donors (Lipinski definition) is 1. The Hall–Kier alpha value is -1.25. The number of nitrogens with one attached hydrogen (secondary N) is 1. The number of benzene rings is 1. The molecule has 0 bridgehead atoms. The second-order valence-electron chi connectivity index (χ2n) is 6.14. The van der Waals surface area contributed by atoms with Crippen molar-refractivity contribution in [2.24, 2.45) is 0 Å². The van der Waals surface area contributed by atoms with E-state index in [-0.39, 0.29) is 29.2 Å². The molecule has 0 radical (unpaired) electrons. The summed E-state index contributed by atoms with van der Waals surface area (Å²) in [6.07, 6.45) is 1.44. The summed E-state index contributed by atoms with van der Waals surface area (Å²) in [4.78, 5) is 16.7. The number of rotatable bonds is 6. The van der Waals surface area contributed by atoms with Crippen molar-refractivity contribution in [3.63, 3.8) is 0 Å². The van der Waals surface area contributed by atoms with Crippen molar-refractivity contribution in [3.8, 4) is 0 Å². The fraction of sp³-hybridized carbons (Fsp3) is 0.500. The molecule has 3 rings (SSSR count). The van der Waals surface area contributed by atoms with Gasteiger partial charge in [-0.25, -0.2) is 13.4 Å². The van der Waals surface area contributed by atoms with Gasteiger partial charge in [-0.2, -0.15) is 0 Å². The first-order valence-electron chi connectivity index (χ1n) is 8.16. The fourth-order valence-corrected chi connectivity index (χ4v) is 5.63. The molecule has 1 aliphatic rings. The van der Waals surface area contributed by atoms with Gasteiger partial charge in [0, 0.05) is 17.6 Å². The number of carbonyl (C=O) groups excluding carboxylic acids is 1. The Morgan fingerprint density at radius 3 is 2.96 bits per heavy atom. The highest BCUT2D eigenvalue weighted by molar-refractivity contribution is 7.99. The van der Waals surface area contributed by atoms with Crippen LogP contribution >= 0.6 is 23.4 Å².